The molecule has 0 amide bonds. The first-order valence-electron chi connectivity index (χ1n) is 8.62. The number of unbranched alkanes of at least 4 members (excludes halogenated alkanes) is 3. The zero-order valence-corrected chi connectivity index (χ0v) is 13.5. The van der Waals surface area contributed by atoms with Gasteiger partial charge in [-0.15, -0.1) is 0 Å². The Labute approximate surface area is 129 Å². The highest BCUT2D eigenvalue weighted by Crippen LogP contribution is 2.33. The molecule has 1 fully saturated rings. The Bertz CT molecular complexity index is 366. The Morgan fingerprint density at radius 2 is 1.52 bits per heavy atom. The monoisotopic (exact) mass is 290 g/mol. The van der Waals surface area contributed by atoms with E-state index in [0.717, 1.165) is 37.7 Å². The fraction of sp³-hybridized carbons (Fsp3) is 0.684. The van der Waals surface area contributed by atoms with Crippen molar-refractivity contribution in [3.05, 3.63) is 29.8 Å². The van der Waals surface area contributed by atoms with E-state index in [0.29, 0.717) is 0 Å². The van der Waals surface area contributed by atoms with Crippen molar-refractivity contribution in [3.8, 4) is 5.75 Å². The largest absolute Gasteiger partial charge is 0.494 e. The minimum atomic E-state index is 0.786. The normalized spacial score (nSPS) is 16.0. The van der Waals surface area contributed by atoms with Crippen LogP contribution in [0.5, 0.6) is 5.75 Å². The predicted octanol–water partition coefficient (Wildman–Crippen LogP) is 5.32. The maximum atomic E-state index is 5.82. The van der Waals surface area contributed by atoms with E-state index in [-0.39, 0.29) is 0 Å². The Balaban J connectivity index is 1.63. The molecule has 2 heteroatoms. The number of hydrogen-bond acceptors (Lipinski definition) is 2. The molecule has 0 radical (unpaired) electrons. The van der Waals surface area contributed by atoms with E-state index < -0.39 is 0 Å². The van der Waals surface area contributed by atoms with E-state index in [1.54, 1.807) is 7.11 Å². The molecule has 0 saturated heterocycles. The van der Waals surface area contributed by atoms with Crippen molar-refractivity contribution in [1.82, 2.24) is 0 Å². The highest BCUT2D eigenvalue weighted by molar-refractivity contribution is 5.29. The van der Waals surface area contributed by atoms with E-state index in [4.69, 9.17) is 9.47 Å². The van der Waals surface area contributed by atoms with Crippen LogP contribution in [0.25, 0.3) is 0 Å². The molecule has 0 aliphatic heterocycles. The van der Waals surface area contributed by atoms with Crippen molar-refractivity contribution in [3.63, 3.8) is 0 Å². The Hall–Kier alpha value is -1.02. The van der Waals surface area contributed by atoms with Gasteiger partial charge in [0.2, 0.25) is 0 Å². The fourth-order valence-corrected chi connectivity index (χ4v) is 3.16. The van der Waals surface area contributed by atoms with E-state index in [1.807, 2.05) is 0 Å². The average molecular weight is 290 g/mol. The first-order valence-corrected chi connectivity index (χ1v) is 8.62. The van der Waals surface area contributed by atoms with Gasteiger partial charge in [0.25, 0.3) is 0 Å². The van der Waals surface area contributed by atoms with Crippen LogP contribution >= 0.6 is 0 Å². The number of hydrogen-bond donors (Lipinski definition) is 0. The molecule has 0 unspecified atom stereocenters. The van der Waals surface area contributed by atoms with E-state index in [9.17, 15) is 0 Å². The van der Waals surface area contributed by atoms with Gasteiger partial charge in [0, 0.05) is 13.7 Å². The molecule has 2 nitrogen and oxygen atoms in total. The fourth-order valence-electron chi connectivity index (χ4n) is 3.16. The average Bonchev–Trinajstić information content (AvgIpc) is 2.55. The van der Waals surface area contributed by atoms with Crippen LogP contribution in [0.3, 0.4) is 0 Å². The van der Waals surface area contributed by atoms with Crippen LogP contribution in [0.2, 0.25) is 0 Å². The van der Waals surface area contributed by atoms with Gasteiger partial charge in [0.15, 0.2) is 0 Å². The summed E-state index contributed by atoms with van der Waals surface area (Å²) in [5.74, 6) is 1.81. The van der Waals surface area contributed by atoms with Gasteiger partial charge in [0.1, 0.15) is 5.75 Å². The highest BCUT2D eigenvalue weighted by Gasteiger charge is 2.15. The summed E-state index contributed by atoms with van der Waals surface area (Å²) in [6.45, 7) is 1.71. The molecular formula is C19H30O2. The molecule has 2 rings (SSSR count). The summed E-state index contributed by atoms with van der Waals surface area (Å²) in [6, 6.07) is 8.83. The molecule has 0 atom stereocenters. The van der Waals surface area contributed by atoms with Gasteiger partial charge in [-0.1, -0.05) is 37.8 Å². The maximum absolute atomic E-state index is 5.82. The second-order valence-corrected chi connectivity index (χ2v) is 6.16. The Morgan fingerprint density at radius 3 is 2.19 bits per heavy atom. The van der Waals surface area contributed by atoms with Crippen LogP contribution in [0, 0.1) is 0 Å². The van der Waals surface area contributed by atoms with Crippen LogP contribution in [0.15, 0.2) is 24.3 Å². The summed E-state index contributed by atoms with van der Waals surface area (Å²) in [6.07, 6.45) is 11.7. The van der Waals surface area contributed by atoms with Gasteiger partial charge < -0.3 is 9.47 Å². The minimum absolute atomic E-state index is 0.786. The van der Waals surface area contributed by atoms with Crippen molar-refractivity contribution in [2.75, 3.05) is 20.3 Å². The van der Waals surface area contributed by atoms with Crippen molar-refractivity contribution < 1.29 is 9.47 Å². The second-order valence-electron chi connectivity index (χ2n) is 6.16. The topological polar surface area (TPSA) is 18.5 Å². The maximum Gasteiger partial charge on any atom is 0.119 e. The molecule has 1 saturated carbocycles. The van der Waals surface area contributed by atoms with Crippen LogP contribution in [-0.4, -0.2) is 20.3 Å². The van der Waals surface area contributed by atoms with Crippen LogP contribution < -0.4 is 4.74 Å². The molecule has 1 aromatic rings. The minimum Gasteiger partial charge on any atom is -0.494 e. The summed E-state index contributed by atoms with van der Waals surface area (Å²) in [5.41, 5.74) is 1.50. The van der Waals surface area contributed by atoms with Crippen molar-refractivity contribution in [2.24, 2.45) is 0 Å². The quantitative estimate of drug-likeness (QED) is 0.573. The molecule has 1 aliphatic carbocycles. The van der Waals surface area contributed by atoms with Gasteiger partial charge in [-0.25, -0.2) is 0 Å². The van der Waals surface area contributed by atoms with Crippen molar-refractivity contribution >= 4 is 0 Å². The van der Waals surface area contributed by atoms with E-state index in [2.05, 4.69) is 24.3 Å². The van der Waals surface area contributed by atoms with Crippen molar-refractivity contribution in [2.45, 2.75) is 63.7 Å². The molecule has 0 bridgehead atoms. The van der Waals surface area contributed by atoms with E-state index >= 15 is 0 Å². The number of rotatable bonds is 9. The summed E-state index contributed by atoms with van der Waals surface area (Å²) < 4.78 is 10.9. The molecule has 0 aromatic heterocycles. The smallest absolute Gasteiger partial charge is 0.119 e. The summed E-state index contributed by atoms with van der Waals surface area (Å²) in [4.78, 5) is 0. The van der Waals surface area contributed by atoms with Crippen LogP contribution in [0.4, 0.5) is 0 Å². The number of ether oxygens (including phenoxy) is 2. The third-order valence-corrected chi connectivity index (χ3v) is 4.47. The lowest BCUT2D eigenvalue weighted by molar-refractivity contribution is 0.191. The summed E-state index contributed by atoms with van der Waals surface area (Å²) >= 11 is 0. The SMILES string of the molecule is COCCCCCCOc1ccc(C2CCCCC2)cc1. The van der Waals surface area contributed by atoms with E-state index in [1.165, 1.54) is 50.5 Å². The van der Waals surface area contributed by atoms with Crippen LogP contribution in [0.1, 0.15) is 69.3 Å². The Morgan fingerprint density at radius 1 is 0.857 bits per heavy atom. The van der Waals surface area contributed by atoms with Gasteiger partial charge >= 0.3 is 0 Å². The third kappa shape index (κ3) is 6.09. The first-order chi connectivity index (χ1) is 10.4. The molecule has 21 heavy (non-hydrogen) atoms. The first kappa shape index (κ1) is 16.4. The molecule has 1 aromatic carbocycles. The summed E-state index contributed by atoms with van der Waals surface area (Å²) in [7, 11) is 1.76. The zero-order chi connectivity index (χ0) is 14.8. The zero-order valence-electron chi connectivity index (χ0n) is 13.5. The van der Waals surface area contributed by atoms with Gasteiger partial charge in [-0.2, -0.15) is 0 Å². The van der Waals surface area contributed by atoms with Gasteiger partial charge in [-0.05, 0) is 55.7 Å². The number of methoxy groups -OCH3 is 1. The lowest BCUT2D eigenvalue weighted by Gasteiger charge is -2.22. The lowest BCUT2D eigenvalue weighted by Crippen LogP contribution is -2.04. The molecule has 0 heterocycles. The standard InChI is InChI=1S/C19H30O2/c1-20-15-7-2-3-8-16-21-19-13-11-18(12-14-19)17-9-5-4-6-10-17/h11-14,17H,2-10,15-16H2,1H3. The third-order valence-electron chi connectivity index (χ3n) is 4.47. The van der Waals surface area contributed by atoms with Gasteiger partial charge in [-0.3, -0.25) is 0 Å². The Kier molecular flexibility index (Phi) is 7.66. The summed E-state index contributed by atoms with van der Waals surface area (Å²) in [5, 5.41) is 0. The van der Waals surface area contributed by atoms with Gasteiger partial charge in [0.05, 0.1) is 6.61 Å². The molecule has 0 spiro atoms. The molecule has 1 aliphatic rings. The number of benzene rings is 1. The molecule has 118 valence electrons. The second kappa shape index (κ2) is 9.83. The molecule has 0 N–H and O–H groups in total. The van der Waals surface area contributed by atoms with Crippen LogP contribution in [-0.2, 0) is 4.74 Å². The predicted molar refractivity (Wildman–Crippen MR) is 88.1 cm³/mol. The highest BCUT2D eigenvalue weighted by atomic mass is 16.5. The lowest BCUT2D eigenvalue weighted by atomic mass is 9.84. The molecular weight excluding hydrogens is 260 g/mol. The van der Waals surface area contributed by atoms with Crippen molar-refractivity contribution in [1.29, 1.82) is 0 Å².